The van der Waals surface area contributed by atoms with Crippen LogP contribution < -0.4 is 15.4 Å². The molecule has 0 unspecified atom stereocenters. The third kappa shape index (κ3) is 6.70. The van der Waals surface area contributed by atoms with Crippen LogP contribution in [0.2, 0.25) is 0 Å². The summed E-state index contributed by atoms with van der Waals surface area (Å²) in [4.78, 5) is 35.6. The molecule has 0 spiro atoms. The van der Waals surface area contributed by atoms with Gasteiger partial charge in [0.1, 0.15) is 5.75 Å². The molecular formula is C23H26N2O5. The van der Waals surface area contributed by atoms with Crippen molar-refractivity contribution in [3.63, 3.8) is 0 Å². The minimum absolute atomic E-state index is 0.0481. The van der Waals surface area contributed by atoms with Gasteiger partial charge in [-0.05, 0) is 54.7 Å². The number of anilines is 1. The molecule has 2 N–H and O–H groups in total. The van der Waals surface area contributed by atoms with Crippen molar-refractivity contribution in [1.29, 1.82) is 0 Å². The largest absolute Gasteiger partial charge is 0.427 e. The summed E-state index contributed by atoms with van der Waals surface area (Å²) < 4.78 is 10.3. The van der Waals surface area contributed by atoms with Crippen LogP contribution in [0.25, 0.3) is 0 Å². The van der Waals surface area contributed by atoms with E-state index in [-0.39, 0.29) is 11.8 Å². The van der Waals surface area contributed by atoms with Crippen molar-refractivity contribution in [3.8, 4) is 5.75 Å². The Balaban J connectivity index is 1.48. The van der Waals surface area contributed by atoms with Gasteiger partial charge in [-0.3, -0.25) is 14.4 Å². The average Bonchev–Trinajstić information content (AvgIpc) is 2.74. The Kier molecular flexibility index (Phi) is 7.57. The van der Waals surface area contributed by atoms with Gasteiger partial charge in [-0.15, -0.1) is 0 Å². The van der Waals surface area contributed by atoms with Crippen LogP contribution in [0.15, 0.2) is 48.5 Å². The van der Waals surface area contributed by atoms with Gasteiger partial charge in [0.25, 0.3) is 5.91 Å². The second kappa shape index (κ2) is 10.5. The highest BCUT2D eigenvalue weighted by atomic mass is 16.5. The fraction of sp³-hybridized carbons (Fsp3) is 0.348. The first-order valence-electron chi connectivity index (χ1n) is 10.0. The summed E-state index contributed by atoms with van der Waals surface area (Å²) >= 11 is 0. The second-order valence-corrected chi connectivity index (χ2v) is 7.31. The minimum atomic E-state index is -0.442. The fourth-order valence-electron chi connectivity index (χ4n) is 3.26. The Labute approximate surface area is 175 Å². The van der Waals surface area contributed by atoms with Gasteiger partial charge in [0.15, 0.2) is 0 Å². The summed E-state index contributed by atoms with van der Waals surface area (Å²) in [7, 11) is 0. The van der Waals surface area contributed by atoms with E-state index in [1.165, 1.54) is 13.0 Å². The van der Waals surface area contributed by atoms with E-state index in [0.717, 1.165) is 31.6 Å². The van der Waals surface area contributed by atoms with Crippen LogP contribution in [0, 0.1) is 5.92 Å². The first-order chi connectivity index (χ1) is 14.5. The maximum atomic E-state index is 12.4. The highest BCUT2D eigenvalue weighted by molar-refractivity contribution is 6.04. The maximum absolute atomic E-state index is 12.4. The van der Waals surface area contributed by atoms with E-state index in [2.05, 4.69) is 10.6 Å². The minimum Gasteiger partial charge on any atom is -0.427 e. The summed E-state index contributed by atoms with van der Waals surface area (Å²) in [5.41, 5.74) is 1.97. The zero-order valence-electron chi connectivity index (χ0n) is 17.0. The lowest BCUT2D eigenvalue weighted by Crippen LogP contribution is -2.27. The van der Waals surface area contributed by atoms with Crippen molar-refractivity contribution >= 4 is 23.5 Å². The van der Waals surface area contributed by atoms with Crippen molar-refractivity contribution < 1.29 is 23.9 Å². The quantitative estimate of drug-likeness (QED) is 0.540. The number of amides is 2. The zero-order valence-corrected chi connectivity index (χ0v) is 17.0. The predicted molar refractivity (Wildman–Crippen MR) is 112 cm³/mol. The highest BCUT2D eigenvalue weighted by Crippen LogP contribution is 2.19. The summed E-state index contributed by atoms with van der Waals surface area (Å²) in [5, 5.41) is 5.75. The predicted octanol–water partition coefficient (Wildman–Crippen LogP) is 3.30. The monoisotopic (exact) mass is 410 g/mol. The smallest absolute Gasteiger partial charge is 0.308 e. The Morgan fingerprint density at radius 3 is 2.50 bits per heavy atom. The van der Waals surface area contributed by atoms with Crippen LogP contribution in [-0.2, 0) is 20.9 Å². The first-order valence-corrected chi connectivity index (χ1v) is 10.0. The molecule has 1 heterocycles. The molecule has 2 aromatic rings. The number of esters is 1. The van der Waals surface area contributed by atoms with Gasteiger partial charge in [-0.2, -0.15) is 0 Å². The molecule has 0 atom stereocenters. The topological polar surface area (TPSA) is 93.7 Å². The molecule has 0 radical (unpaired) electrons. The van der Waals surface area contributed by atoms with Crippen LogP contribution in [0.1, 0.15) is 42.1 Å². The molecule has 0 aliphatic carbocycles. The number of rotatable bonds is 7. The molecule has 0 bridgehead atoms. The number of ether oxygens (including phenoxy) is 2. The maximum Gasteiger partial charge on any atom is 0.308 e. The molecule has 2 aromatic carbocycles. The van der Waals surface area contributed by atoms with E-state index < -0.39 is 5.97 Å². The van der Waals surface area contributed by atoms with Crippen molar-refractivity contribution in [3.05, 3.63) is 59.7 Å². The molecule has 30 heavy (non-hydrogen) atoms. The molecule has 3 rings (SSSR count). The van der Waals surface area contributed by atoms with Crippen molar-refractivity contribution in [2.45, 2.75) is 32.7 Å². The molecule has 158 valence electrons. The van der Waals surface area contributed by atoms with Gasteiger partial charge in [-0.1, -0.05) is 18.2 Å². The van der Waals surface area contributed by atoms with Crippen LogP contribution in [0.3, 0.4) is 0 Å². The lowest BCUT2D eigenvalue weighted by Gasteiger charge is -2.21. The number of benzene rings is 2. The molecule has 7 nitrogen and oxygen atoms in total. The van der Waals surface area contributed by atoms with E-state index in [4.69, 9.17) is 9.47 Å². The molecule has 1 aliphatic rings. The van der Waals surface area contributed by atoms with Crippen molar-refractivity contribution in [2.24, 2.45) is 5.92 Å². The number of nitrogens with one attached hydrogen (secondary N) is 2. The van der Waals surface area contributed by atoms with Crippen molar-refractivity contribution in [1.82, 2.24) is 5.32 Å². The van der Waals surface area contributed by atoms with Crippen LogP contribution in [-0.4, -0.2) is 31.0 Å². The molecule has 1 fully saturated rings. The first kappa shape index (κ1) is 21.5. The van der Waals surface area contributed by atoms with E-state index in [1.54, 1.807) is 30.3 Å². The zero-order chi connectivity index (χ0) is 21.3. The van der Waals surface area contributed by atoms with Gasteiger partial charge in [0.2, 0.25) is 5.91 Å². The van der Waals surface area contributed by atoms with E-state index in [1.807, 2.05) is 12.1 Å². The van der Waals surface area contributed by atoms with Crippen LogP contribution in [0.5, 0.6) is 5.75 Å². The normalized spacial score (nSPS) is 14.0. The van der Waals surface area contributed by atoms with Crippen LogP contribution in [0.4, 0.5) is 5.69 Å². The van der Waals surface area contributed by atoms with Gasteiger partial charge in [0.05, 0.1) is 0 Å². The lowest BCUT2D eigenvalue weighted by atomic mass is 9.96. The average molecular weight is 410 g/mol. The number of carbonyl (C=O) groups is 3. The molecule has 7 heteroatoms. The summed E-state index contributed by atoms with van der Waals surface area (Å²) in [6.45, 7) is 3.22. The molecule has 0 aromatic heterocycles. The third-order valence-electron chi connectivity index (χ3n) is 4.87. The number of hydrogen-bond donors (Lipinski definition) is 2. The summed E-state index contributed by atoms with van der Waals surface area (Å²) in [5.74, 6) is 0.0223. The molecule has 1 saturated heterocycles. The molecular weight excluding hydrogens is 384 g/mol. The standard InChI is InChI=1S/C23H26N2O5/c1-16(26)30-21-4-2-3-19(14-21)23(28)25-20-7-5-18(6-8-20)15-24-22(27)13-17-9-11-29-12-10-17/h2-8,14,17H,9-13,15H2,1H3,(H,24,27)(H,25,28). The van der Waals surface area contributed by atoms with E-state index >= 15 is 0 Å². The number of hydrogen-bond acceptors (Lipinski definition) is 5. The third-order valence-corrected chi connectivity index (χ3v) is 4.87. The number of carbonyl (C=O) groups excluding carboxylic acids is 3. The summed E-state index contributed by atoms with van der Waals surface area (Å²) in [6.07, 6.45) is 2.40. The van der Waals surface area contributed by atoms with Gasteiger partial charge < -0.3 is 20.1 Å². The SMILES string of the molecule is CC(=O)Oc1cccc(C(=O)Nc2ccc(CNC(=O)CC3CCOCC3)cc2)c1. The summed E-state index contributed by atoms with van der Waals surface area (Å²) in [6, 6.07) is 13.7. The van der Waals surface area contributed by atoms with E-state index in [9.17, 15) is 14.4 Å². The van der Waals surface area contributed by atoms with E-state index in [0.29, 0.717) is 35.9 Å². The molecule has 0 saturated carbocycles. The Hall–Kier alpha value is -3.19. The highest BCUT2D eigenvalue weighted by Gasteiger charge is 2.17. The van der Waals surface area contributed by atoms with Gasteiger partial charge >= 0.3 is 5.97 Å². The van der Waals surface area contributed by atoms with Crippen LogP contribution >= 0.6 is 0 Å². The van der Waals surface area contributed by atoms with Gasteiger partial charge in [0, 0.05) is 44.4 Å². The Bertz CT molecular complexity index is 889. The lowest BCUT2D eigenvalue weighted by molar-refractivity contribution is -0.132. The molecule has 2 amide bonds. The van der Waals surface area contributed by atoms with Crippen molar-refractivity contribution in [2.75, 3.05) is 18.5 Å². The fourth-order valence-corrected chi connectivity index (χ4v) is 3.26. The Morgan fingerprint density at radius 1 is 1.07 bits per heavy atom. The second-order valence-electron chi connectivity index (χ2n) is 7.31. The molecule has 1 aliphatic heterocycles. The van der Waals surface area contributed by atoms with Gasteiger partial charge in [-0.25, -0.2) is 0 Å². The Morgan fingerprint density at radius 2 is 1.80 bits per heavy atom.